The molecule has 1 unspecified atom stereocenters. The summed E-state index contributed by atoms with van der Waals surface area (Å²) < 4.78 is 13.8. The van der Waals surface area contributed by atoms with Crippen molar-refractivity contribution in [2.75, 3.05) is 0 Å². The fraction of sp³-hybridized carbons (Fsp3) is 0.500. The predicted molar refractivity (Wildman–Crippen MR) is 107 cm³/mol. The van der Waals surface area contributed by atoms with Crippen molar-refractivity contribution in [3.8, 4) is 0 Å². The Morgan fingerprint density at radius 1 is 0.880 bits per heavy atom. The van der Waals surface area contributed by atoms with Gasteiger partial charge >= 0.3 is 0 Å². The van der Waals surface area contributed by atoms with Gasteiger partial charge in [-0.05, 0) is 59.6 Å². The van der Waals surface area contributed by atoms with E-state index in [1.807, 2.05) is 6.07 Å². The Morgan fingerprint density at radius 3 is 2.28 bits per heavy atom. The van der Waals surface area contributed by atoms with Crippen LogP contribution in [-0.4, -0.2) is 0 Å². The Bertz CT molecular complexity index is 659. The minimum atomic E-state index is -0.123. The van der Waals surface area contributed by atoms with Gasteiger partial charge < -0.3 is 0 Å². The maximum Gasteiger partial charge on any atom is 0.123 e. The number of halogens is 1. The van der Waals surface area contributed by atoms with E-state index in [0.29, 0.717) is 11.8 Å². The summed E-state index contributed by atoms with van der Waals surface area (Å²) in [5.74, 6) is 0.772. The first-order valence-electron chi connectivity index (χ1n) is 9.98. The minimum absolute atomic E-state index is 0.123. The molecule has 0 spiro atoms. The Morgan fingerprint density at radius 2 is 1.60 bits per heavy atom. The van der Waals surface area contributed by atoms with E-state index < -0.39 is 0 Å². The van der Waals surface area contributed by atoms with Crippen molar-refractivity contribution < 1.29 is 4.39 Å². The van der Waals surface area contributed by atoms with Gasteiger partial charge in [-0.25, -0.2) is 4.39 Å². The molecule has 136 valence electrons. The Balaban J connectivity index is 2.55. The summed E-state index contributed by atoms with van der Waals surface area (Å²) in [6.45, 7) is 8.98. The zero-order valence-corrected chi connectivity index (χ0v) is 16.3. The van der Waals surface area contributed by atoms with Crippen LogP contribution >= 0.6 is 0 Å². The van der Waals surface area contributed by atoms with Crippen LogP contribution in [-0.2, 0) is 12.8 Å². The number of rotatable bonds is 9. The third-order valence-electron chi connectivity index (χ3n) is 5.32. The molecule has 0 saturated carbocycles. The smallest absolute Gasteiger partial charge is 0.123 e. The third-order valence-corrected chi connectivity index (χ3v) is 5.32. The molecule has 2 aromatic rings. The predicted octanol–water partition coefficient (Wildman–Crippen LogP) is 7.30. The molecule has 2 aromatic carbocycles. The first-order chi connectivity index (χ1) is 12.1. The molecule has 0 aliphatic carbocycles. The molecule has 0 saturated heterocycles. The van der Waals surface area contributed by atoms with Crippen molar-refractivity contribution in [3.05, 3.63) is 70.5 Å². The molecule has 0 amide bonds. The van der Waals surface area contributed by atoms with Crippen LogP contribution in [0.4, 0.5) is 4.39 Å². The monoisotopic (exact) mass is 340 g/mol. The zero-order valence-electron chi connectivity index (χ0n) is 16.3. The number of hydrogen-bond acceptors (Lipinski definition) is 0. The molecule has 0 aliphatic rings. The molecule has 2 rings (SSSR count). The van der Waals surface area contributed by atoms with Crippen LogP contribution in [0.3, 0.4) is 0 Å². The van der Waals surface area contributed by atoms with Gasteiger partial charge in [0.15, 0.2) is 0 Å². The van der Waals surface area contributed by atoms with E-state index in [-0.39, 0.29) is 5.82 Å². The van der Waals surface area contributed by atoms with Crippen molar-refractivity contribution in [3.63, 3.8) is 0 Å². The lowest BCUT2D eigenvalue weighted by Crippen LogP contribution is -2.16. The van der Waals surface area contributed by atoms with E-state index in [1.165, 1.54) is 42.4 Å². The Labute approximate surface area is 153 Å². The second-order valence-electron chi connectivity index (χ2n) is 7.24. The highest BCUT2D eigenvalue weighted by Crippen LogP contribution is 2.38. The topological polar surface area (TPSA) is 0 Å². The van der Waals surface area contributed by atoms with Gasteiger partial charge in [-0.2, -0.15) is 0 Å². The molecule has 2 atom stereocenters. The van der Waals surface area contributed by atoms with Crippen LogP contribution < -0.4 is 0 Å². The van der Waals surface area contributed by atoms with Gasteiger partial charge in [0.25, 0.3) is 0 Å². The summed E-state index contributed by atoms with van der Waals surface area (Å²) in [5, 5.41) is 0. The Kier molecular flexibility index (Phi) is 7.68. The molecule has 0 nitrogen and oxygen atoms in total. The molecular weight excluding hydrogens is 307 g/mol. The summed E-state index contributed by atoms with van der Waals surface area (Å²) in [6.07, 6.45) is 6.80. The molecule has 1 heteroatoms. The number of aryl methyl sites for hydroxylation is 2. The summed E-state index contributed by atoms with van der Waals surface area (Å²) >= 11 is 0. The lowest BCUT2D eigenvalue weighted by atomic mass is 9.75. The average molecular weight is 341 g/mol. The summed E-state index contributed by atoms with van der Waals surface area (Å²) in [5.41, 5.74) is 5.37. The standard InChI is InChI=1S/C24H33F/c1-5-8-12-20-13-9-10-14-22(20)24(18(4)11-6-2)23-16-15-21(25)17-19(23)7-3/h9-10,13-18,24H,5-8,11-12H2,1-4H3/t18-,24?/m1/s1. The molecule has 0 heterocycles. The quantitative estimate of drug-likeness (QED) is 0.449. The number of hydrogen-bond donors (Lipinski definition) is 0. The average Bonchev–Trinajstić information content (AvgIpc) is 2.62. The largest absolute Gasteiger partial charge is 0.207 e. The highest BCUT2D eigenvalue weighted by Gasteiger charge is 2.25. The molecule has 0 aromatic heterocycles. The SMILES string of the molecule is CCCCc1ccccc1C(c1ccc(F)cc1CC)[C@H](C)CCC. The van der Waals surface area contributed by atoms with Gasteiger partial charge in [-0.15, -0.1) is 0 Å². The fourth-order valence-electron chi connectivity index (χ4n) is 4.02. The first kappa shape index (κ1) is 19.7. The summed E-state index contributed by atoms with van der Waals surface area (Å²) in [6, 6.07) is 14.3. The second kappa shape index (κ2) is 9.75. The maximum atomic E-state index is 13.8. The highest BCUT2D eigenvalue weighted by atomic mass is 19.1. The van der Waals surface area contributed by atoms with Gasteiger partial charge in [-0.1, -0.05) is 77.3 Å². The van der Waals surface area contributed by atoms with Crippen molar-refractivity contribution in [1.82, 2.24) is 0 Å². The van der Waals surface area contributed by atoms with Crippen molar-refractivity contribution in [2.24, 2.45) is 5.92 Å². The van der Waals surface area contributed by atoms with Gasteiger partial charge in [0.05, 0.1) is 0 Å². The fourth-order valence-corrected chi connectivity index (χ4v) is 4.02. The molecule has 0 radical (unpaired) electrons. The van der Waals surface area contributed by atoms with Crippen LogP contribution in [0.2, 0.25) is 0 Å². The van der Waals surface area contributed by atoms with Crippen molar-refractivity contribution >= 4 is 0 Å². The van der Waals surface area contributed by atoms with Crippen LogP contribution in [0.5, 0.6) is 0 Å². The minimum Gasteiger partial charge on any atom is -0.207 e. The molecule has 25 heavy (non-hydrogen) atoms. The van der Waals surface area contributed by atoms with Crippen LogP contribution in [0.15, 0.2) is 42.5 Å². The van der Waals surface area contributed by atoms with Crippen LogP contribution in [0.1, 0.15) is 81.5 Å². The zero-order chi connectivity index (χ0) is 18.2. The van der Waals surface area contributed by atoms with Gasteiger partial charge in [-0.3, -0.25) is 0 Å². The number of unbranched alkanes of at least 4 members (excludes halogenated alkanes) is 1. The van der Waals surface area contributed by atoms with E-state index in [1.54, 1.807) is 12.1 Å². The summed E-state index contributed by atoms with van der Waals surface area (Å²) in [7, 11) is 0. The van der Waals surface area contributed by atoms with E-state index in [2.05, 4.69) is 52.0 Å². The second-order valence-corrected chi connectivity index (χ2v) is 7.24. The Hall–Kier alpha value is -1.63. The van der Waals surface area contributed by atoms with Crippen molar-refractivity contribution in [1.29, 1.82) is 0 Å². The van der Waals surface area contributed by atoms with E-state index in [4.69, 9.17) is 0 Å². The molecule has 0 fully saturated rings. The van der Waals surface area contributed by atoms with E-state index in [9.17, 15) is 4.39 Å². The first-order valence-corrected chi connectivity index (χ1v) is 9.98. The molecular formula is C24H33F. The van der Waals surface area contributed by atoms with Crippen LogP contribution in [0.25, 0.3) is 0 Å². The van der Waals surface area contributed by atoms with Gasteiger partial charge in [0.2, 0.25) is 0 Å². The summed E-state index contributed by atoms with van der Waals surface area (Å²) in [4.78, 5) is 0. The maximum absolute atomic E-state index is 13.8. The van der Waals surface area contributed by atoms with Crippen molar-refractivity contribution in [2.45, 2.75) is 72.1 Å². The van der Waals surface area contributed by atoms with Gasteiger partial charge in [0.1, 0.15) is 5.82 Å². The molecule has 0 N–H and O–H groups in total. The lowest BCUT2D eigenvalue weighted by molar-refractivity contribution is 0.463. The van der Waals surface area contributed by atoms with E-state index >= 15 is 0 Å². The normalized spacial score (nSPS) is 13.6. The lowest BCUT2D eigenvalue weighted by Gasteiger charge is -2.29. The number of benzene rings is 2. The third kappa shape index (κ3) is 4.93. The van der Waals surface area contributed by atoms with Crippen LogP contribution in [0, 0.1) is 11.7 Å². The molecule has 0 aliphatic heterocycles. The van der Waals surface area contributed by atoms with E-state index in [0.717, 1.165) is 18.4 Å². The molecule has 0 bridgehead atoms. The van der Waals surface area contributed by atoms with Gasteiger partial charge in [0, 0.05) is 5.92 Å². The highest BCUT2D eigenvalue weighted by molar-refractivity contribution is 5.42.